The van der Waals surface area contributed by atoms with Crippen LogP contribution in [-0.4, -0.2) is 79.7 Å². The highest BCUT2D eigenvalue weighted by atomic mass is 19.1. The van der Waals surface area contributed by atoms with Crippen LogP contribution in [0, 0.1) is 17.8 Å². The fourth-order valence-electron chi connectivity index (χ4n) is 5.38. The third kappa shape index (κ3) is 4.93. The molecule has 0 aromatic heterocycles. The average molecular weight is 413 g/mol. The molecular formula is C21H37FN4O3. The number of piperidine rings is 1. The molecule has 4 rings (SSSR count). The number of nitrogens with zero attached hydrogens (tertiary/aromatic N) is 2. The number of amides is 1. The van der Waals surface area contributed by atoms with Crippen LogP contribution in [0.2, 0.25) is 0 Å². The molecule has 1 amide bonds. The van der Waals surface area contributed by atoms with Crippen LogP contribution in [0.15, 0.2) is 0 Å². The number of hydrogen-bond donors (Lipinski definition) is 2. The molecule has 0 radical (unpaired) electrons. The highest BCUT2D eigenvalue weighted by molar-refractivity contribution is 5.78. The third-order valence-electron chi connectivity index (χ3n) is 7.20. The van der Waals surface area contributed by atoms with E-state index in [1.54, 1.807) is 0 Å². The smallest absolute Gasteiger partial charge is 0.225 e. The molecule has 0 aromatic rings. The summed E-state index contributed by atoms with van der Waals surface area (Å²) >= 11 is 0. The van der Waals surface area contributed by atoms with Crippen LogP contribution in [0.3, 0.4) is 0 Å². The summed E-state index contributed by atoms with van der Waals surface area (Å²) in [5.74, 6) is 1.08. The number of hydrogen-bond acceptors (Lipinski definition) is 6. The second kappa shape index (κ2) is 9.56. The Labute approximate surface area is 173 Å². The standard InChI is InChI=1S/C21H37FN4O3/c1-14(2)21(27)26-7-5-15(6-8-26)19-23-20(29-24-19)16-3-4-17(22)18(13-16)25-9-11-28-12-10-25/h14-20,23-24H,3-13H2,1-2H3. The number of hydroxylamine groups is 1. The minimum absolute atomic E-state index is 0.0209. The number of nitrogens with one attached hydrogen (secondary N) is 2. The molecule has 166 valence electrons. The molecule has 0 spiro atoms. The van der Waals surface area contributed by atoms with E-state index >= 15 is 0 Å². The number of halogens is 1. The molecule has 0 aromatic carbocycles. The Morgan fingerprint density at radius 3 is 2.45 bits per heavy atom. The molecule has 3 saturated heterocycles. The van der Waals surface area contributed by atoms with Crippen molar-refractivity contribution in [1.82, 2.24) is 20.6 Å². The number of carbonyl (C=O) groups excluding carboxylic acids is 1. The van der Waals surface area contributed by atoms with Gasteiger partial charge >= 0.3 is 0 Å². The van der Waals surface area contributed by atoms with Gasteiger partial charge < -0.3 is 9.64 Å². The first-order valence-corrected chi connectivity index (χ1v) is 11.4. The summed E-state index contributed by atoms with van der Waals surface area (Å²) in [6.45, 7) is 8.61. The predicted octanol–water partition coefficient (Wildman–Crippen LogP) is 1.50. The molecule has 8 heteroatoms. The first-order chi connectivity index (χ1) is 14.0. The molecule has 1 saturated carbocycles. The summed E-state index contributed by atoms with van der Waals surface area (Å²) in [4.78, 5) is 22.4. The molecule has 7 nitrogen and oxygen atoms in total. The molecular weight excluding hydrogens is 375 g/mol. The Morgan fingerprint density at radius 1 is 1.03 bits per heavy atom. The maximum Gasteiger partial charge on any atom is 0.225 e. The lowest BCUT2D eigenvalue weighted by Gasteiger charge is -2.42. The molecule has 29 heavy (non-hydrogen) atoms. The van der Waals surface area contributed by atoms with Gasteiger partial charge in [-0.05, 0) is 38.0 Å². The maximum absolute atomic E-state index is 14.6. The third-order valence-corrected chi connectivity index (χ3v) is 7.20. The Kier molecular flexibility index (Phi) is 7.06. The monoisotopic (exact) mass is 412 g/mol. The van der Waals surface area contributed by atoms with Crippen LogP contribution in [0.25, 0.3) is 0 Å². The molecule has 4 aliphatic rings. The largest absolute Gasteiger partial charge is 0.379 e. The summed E-state index contributed by atoms with van der Waals surface area (Å²) in [7, 11) is 0. The van der Waals surface area contributed by atoms with Crippen LogP contribution < -0.4 is 10.8 Å². The van der Waals surface area contributed by atoms with Gasteiger partial charge in [-0.25, -0.2) is 4.39 Å². The van der Waals surface area contributed by atoms with Gasteiger partial charge in [0.15, 0.2) is 0 Å². The van der Waals surface area contributed by atoms with Crippen LogP contribution in [-0.2, 0) is 14.4 Å². The second-order valence-corrected chi connectivity index (χ2v) is 9.42. The summed E-state index contributed by atoms with van der Waals surface area (Å²) in [6, 6.07) is -0.0209. The first-order valence-electron chi connectivity index (χ1n) is 11.4. The van der Waals surface area contributed by atoms with Gasteiger partial charge in [0, 0.05) is 44.1 Å². The number of carbonyl (C=O) groups is 1. The van der Waals surface area contributed by atoms with E-state index in [0.717, 1.165) is 51.9 Å². The maximum atomic E-state index is 14.6. The summed E-state index contributed by atoms with van der Waals surface area (Å²) in [5, 5.41) is 3.63. The van der Waals surface area contributed by atoms with Crippen molar-refractivity contribution in [2.75, 3.05) is 39.4 Å². The van der Waals surface area contributed by atoms with E-state index in [4.69, 9.17) is 9.57 Å². The van der Waals surface area contributed by atoms with Gasteiger partial charge in [0.05, 0.1) is 19.4 Å². The zero-order chi connectivity index (χ0) is 20.4. The van der Waals surface area contributed by atoms with Gasteiger partial charge in [-0.1, -0.05) is 13.8 Å². The van der Waals surface area contributed by atoms with E-state index in [1.807, 2.05) is 18.7 Å². The number of ether oxygens (including phenoxy) is 1. The molecule has 3 aliphatic heterocycles. The fraction of sp³-hybridized carbons (Fsp3) is 0.952. The summed E-state index contributed by atoms with van der Waals surface area (Å²) in [6.07, 6.45) is 3.54. The Balaban J connectivity index is 1.27. The quantitative estimate of drug-likeness (QED) is 0.730. The Bertz CT molecular complexity index is 552. The molecule has 2 N–H and O–H groups in total. The van der Waals surface area contributed by atoms with Gasteiger partial charge in [0.25, 0.3) is 0 Å². The fourth-order valence-corrected chi connectivity index (χ4v) is 5.38. The van der Waals surface area contributed by atoms with Crippen LogP contribution >= 0.6 is 0 Å². The lowest BCUT2D eigenvalue weighted by molar-refractivity contribution is -0.136. The first kappa shape index (κ1) is 21.4. The Hall–Kier alpha value is -0.800. The topological polar surface area (TPSA) is 66.1 Å². The van der Waals surface area contributed by atoms with Crippen molar-refractivity contribution in [2.45, 2.75) is 70.6 Å². The minimum atomic E-state index is -0.752. The Morgan fingerprint density at radius 2 is 1.76 bits per heavy atom. The molecule has 4 fully saturated rings. The van der Waals surface area contributed by atoms with Crippen molar-refractivity contribution in [1.29, 1.82) is 0 Å². The van der Waals surface area contributed by atoms with Gasteiger partial charge in [0.2, 0.25) is 5.91 Å². The minimum Gasteiger partial charge on any atom is -0.379 e. The molecule has 3 heterocycles. The van der Waals surface area contributed by atoms with Gasteiger partial charge in [0.1, 0.15) is 12.4 Å². The number of alkyl halides is 1. The van der Waals surface area contributed by atoms with Crippen molar-refractivity contribution in [3.05, 3.63) is 0 Å². The number of likely N-dealkylation sites (tertiary alicyclic amines) is 1. The normalized spacial score (nSPS) is 37.9. The molecule has 5 unspecified atom stereocenters. The van der Waals surface area contributed by atoms with E-state index in [2.05, 4.69) is 15.7 Å². The summed E-state index contributed by atoms with van der Waals surface area (Å²) < 4.78 is 20.1. The zero-order valence-corrected chi connectivity index (χ0v) is 17.8. The zero-order valence-electron chi connectivity index (χ0n) is 17.8. The van der Waals surface area contributed by atoms with Gasteiger partial charge in [-0.3, -0.25) is 19.8 Å². The SMILES string of the molecule is CC(C)C(=O)N1CCC(C2NOC(C3CCC(F)C(N4CCOCC4)C3)N2)CC1. The van der Waals surface area contributed by atoms with Crippen molar-refractivity contribution in [3.8, 4) is 0 Å². The lowest BCUT2D eigenvalue weighted by Crippen LogP contribution is -2.53. The average Bonchev–Trinajstić information content (AvgIpc) is 3.24. The van der Waals surface area contributed by atoms with Crippen LogP contribution in [0.5, 0.6) is 0 Å². The predicted molar refractivity (Wildman–Crippen MR) is 107 cm³/mol. The van der Waals surface area contributed by atoms with Crippen molar-refractivity contribution in [3.63, 3.8) is 0 Å². The van der Waals surface area contributed by atoms with E-state index in [9.17, 15) is 9.18 Å². The van der Waals surface area contributed by atoms with Gasteiger partial charge in [-0.15, -0.1) is 0 Å². The molecule has 5 atom stereocenters. The molecule has 0 bridgehead atoms. The van der Waals surface area contributed by atoms with Gasteiger partial charge in [-0.2, -0.15) is 5.48 Å². The summed E-state index contributed by atoms with van der Waals surface area (Å²) in [5.41, 5.74) is 3.20. The highest BCUT2D eigenvalue weighted by Crippen LogP contribution is 2.34. The number of rotatable bonds is 4. The van der Waals surface area contributed by atoms with Crippen LogP contribution in [0.4, 0.5) is 4.39 Å². The van der Waals surface area contributed by atoms with E-state index in [0.29, 0.717) is 31.5 Å². The highest BCUT2D eigenvalue weighted by Gasteiger charge is 2.42. The molecule has 1 aliphatic carbocycles. The van der Waals surface area contributed by atoms with Crippen molar-refractivity contribution >= 4 is 5.91 Å². The lowest BCUT2D eigenvalue weighted by atomic mass is 9.82. The number of morpholine rings is 1. The van der Waals surface area contributed by atoms with E-state index < -0.39 is 6.17 Å². The van der Waals surface area contributed by atoms with Crippen molar-refractivity contribution < 1.29 is 18.8 Å². The van der Waals surface area contributed by atoms with Crippen molar-refractivity contribution in [2.24, 2.45) is 17.8 Å². The second-order valence-electron chi connectivity index (χ2n) is 9.42. The van der Waals surface area contributed by atoms with Crippen LogP contribution in [0.1, 0.15) is 46.0 Å². The van der Waals surface area contributed by atoms with E-state index in [-0.39, 0.29) is 30.3 Å². The van der Waals surface area contributed by atoms with E-state index in [1.165, 1.54) is 0 Å².